The van der Waals surface area contributed by atoms with Crippen LogP contribution in [-0.4, -0.2) is 26.8 Å². The summed E-state index contributed by atoms with van der Waals surface area (Å²) in [7, 11) is 1.75. The van der Waals surface area contributed by atoms with E-state index in [4.69, 9.17) is 4.74 Å². The molecule has 100 valence electrons. The zero-order valence-corrected chi connectivity index (χ0v) is 11.8. The van der Waals surface area contributed by atoms with Crippen LogP contribution in [0.25, 0.3) is 0 Å². The Morgan fingerprint density at radius 2 is 2.24 bits per heavy atom. The summed E-state index contributed by atoms with van der Waals surface area (Å²) in [5, 5.41) is 3.44. The Kier molecular flexibility index (Phi) is 7.54. The number of allylic oxidation sites excluding steroid dienone is 1. The summed E-state index contributed by atoms with van der Waals surface area (Å²) in [4.78, 5) is 0. The Hall–Kier alpha value is -0.340. The fourth-order valence-corrected chi connectivity index (χ4v) is 2.69. The van der Waals surface area contributed by atoms with Crippen LogP contribution in [0.1, 0.15) is 46.0 Å². The lowest BCUT2D eigenvalue weighted by atomic mass is 9.81. The van der Waals surface area contributed by atoms with Gasteiger partial charge in [0.25, 0.3) is 0 Å². The van der Waals surface area contributed by atoms with Crippen LogP contribution in [0.5, 0.6) is 0 Å². The number of hydrogen-bond donors (Lipinski definition) is 1. The standard InChI is InChI=1S/C15H29NO/c1-4-14(12-16-8-9-17-3)11-15-7-5-6-13(2)10-15/h11,13,15-16H,4-10,12H2,1-3H3/b14-11-. The molecule has 0 saturated heterocycles. The highest BCUT2D eigenvalue weighted by Gasteiger charge is 2.17. The van der Waals surface area contributed by atoms with Gasteiger partial charge >= 0.3 is 0 Å². The van der Waals surface area contributed by atoms with Crippen molar-refractivity contribution in [2.45, 2.75) is 46.0 Å². The molecule has 0 bridgehead atoms. The molecule has 0 aromatic carbocycles. The molecule has 1 saturated carbocycles. The van der Waals surface area contributed by atoms with E-state index in [9.17, 15) is 0 Å². The predicted molar refractivity (Wildman–Crippen MR) is 74.2 cm³/mol. The minimum Gasteiger partial charge on any atom is -0.383 e. The summed E-state index contributed by atoms with van der Waals surface area (Å²) in [5.41, 5.74) is 1.57. The van der Waals surface area contributed by atoms with Crippen molar-refractivity contribution in [3.8, 4) is 0 Å². The molecule has 1 fully saturated rings. The van der Waals surface area contributed by atoms with Gasteiger partial charge in [-0.25, -0.2) is 0 Å². The first kappa shape index (κ1) is 14.7. The van der Waals surface area contributed by atoms with E-state index in [1.807, 2.05) is 0 Å². The fourth-order valence-electron chi connectivity index (χ4n) is 2.69. The summed E-state index contributed by atoms with van der Waals surface area (Å²) < 4.78 is 5.04. The first-order chi connectivity index (χ1) is 8.26. The Labute approximate surface area is 107 Å². The van der Waals surface area contributed by atoms with Gasteiger partial charge in [0.05, 0.1) is 6.61 Å². The molecule has 0 aromatic rings. The third-order valence-electron chi connectivity index (χ3n) is 3.74. The van der Waals surface area contributed by atoms with Crippen molar-refractivity contribution in [2.75, 3.05) is 26.8 Å². The molecule has 2 heteroatoms. The largest absolute Gasteiger partial charge is 0.383 e. The second kappa shape index (κ2) is 8.71. The molecule has 1 aliphatic carbocycles. The zero-order valence-electron chi connectivity index (χ0n) is 11.8. The van der Waals surface area contributed by atoms with E-state index in [1.54, 1.807) is 12.7 Å². The minimum atomic E-state index is 0.803. The molecule has 1 rings (SSSR count). The van der Waals surface area contributed by atoms with Crippen molar-refractivity contribution in [1.29, 1.82) is 0 Å². The summed E-state index contributed by atoms with van der Waals surface area (Å²) in [5.74, 6) is 1.75. The van der Waals surface area contributed by atoms with Crippen molar-refractivity contribution in [2.24, 2.45) is 11.8 Å². The third-order valence-corrected chi connectivity index (χ3v) is 3.74. The topological polar surface area (TPSA) is 21.3 Å². The zero-order chi connectivity index (χ0) is 12.5. The maximum Gasteiger partial charge on any atom is 0.0587 e. The van der Waals surface area contributed by atoms with Crippen LogP contribution in [0, 0.1) is 11.8 Å². The average Bonchev–Trinajstić information content (AvgIpc) is 2.33. The number of hydrogen-bond acceptors (Lipinski definition) is 2. The molecule has 0 amide bonds. The molecule has 2 atom stereocenters. The fraction of sp³-hybridized carbons (Fsp3) is 0.867. The van der Waals surface area contributed by atoms with Gasteiger partial charge in [-0.2, -0.15) is 0 Å². The van der Waals surface area contributed by atoms with Gasteiger partial charge in [0.15, 0.2) is 0 Å². The highest BCUT2D eigenvalue weighted by atomic mass is 16.5. The first-order valence-electron chi connectivity index (χ1n) is 7.15. The Morgan fingerprint density at radius 1 is 1.41 bits per heavy atom. The summed E-state index contributed by atoms with van der Waals surface area (Å²) >= 11 is 0. The maximum atomic E-state index is 5.04. The molecular weight excluding hydrogens is 210 g/mol. The molecule has 0 heterocycles. The molecule has 2 nitrogen and oxygen atoms in total. The van der Waals surface area contributed by atoms with Crippen molar-refractivity contribution >= 4 is 0 Å². The number of rotatable bonds is 7. The highest BCUT2D eigenvalue weighted by Crippen LogP contribution is 2.30. The van der Waals surface area contributed by atoms with Gasteiger partial charge in [0, 0.05) is 20.2 Å². The molecule has 0 spiro atoms. The number of nitrogens with one attached hydrogen (secondary N) is 1. The smallest absolute Gasteiger partial charge is 0.0587 e. The normalized spacial score (nSPS) is 26.2. The third kappa shape index (κ3) is 6.23. The van der Waals surface area contributed by atoms with Crippen molar-refractivity contribution in [3.63, 3.8) is 0 Å². The van der Waals surface area contributed by atoms with Gasteiger partial charge in [0.1, 0.15) is 0 Å². The summed E-state index contributed by atoms with van der Waals surface area (Å²) in [6, 6.07) is 0. The monoisotopic (exact) mass is 239 g/mol. The van der Waals surface area contributed by atoms with E-state index in [0.717, 1.165) is 31.5 Å². The number of ether oxygens (including phenoxy) is 1. The van der Waals surface area contributed by atoms with E-state index in [-0.39, 0.29) is 0 Å². The molecule has 0 aliphatic heterocycles. The predicted octanol–water partition coefficient (Wildman–Crippen LogP) is 3.39. The van der Waals surface area contributed by atoms with Crippen LogP contribution < -0.4 is 5.32 Å². The lowest BCUT2D eigenvalue weighted by molar-refractivity contribution is 0.200. The van der Waals surface area contributed by atoms with Gasteiger partial charge in [-0.1, -0.05) is 38.3 Å². The summed E-state index contributed by atoms with van der Waals surface area (Å²) in [6.07, 6.45) is 9.34. The van der Waals surface area contributed by atoms with Gasteiger partial charge in [-0.05, 0) is 31.1 Å². The van der Waals surface area contributed by atoms with Gasteiger partial charge in [0.2, 0.25) is 0 Å². The lowest BCUT2D eigenvalue weighted by Crippen LogP contribution is -2.22. The maximum absolute atomic E-state index is 5.04. The average molecular weight is 239 g/mol. The van der Waals surface area contributed by atoms with E-state index >= 15 is 0 Å². The Morgan fingerprint density at radius 3 is 2.88 bits per heavy atom. The first-order valence-corrected chi connectivity index (χ1v) is 7.15. The van der Waals surface area contributed by atoms with Gasteiger partial charge in [-0.3, -0.25) is 0 Å². The van der Waals surface area contributed by atoms with Crippen LogP contribution in [0.15, 0.2) is 11.6 Å². The van der Waals surface area contributed by atoms with Crippen molar-refractivity contribution in [3.05, 3.63) is 11.6 Å². The molecule has 0 radical (unpaired) electrons. The second-order valence-electron chi connectivity index (χ2n) is 5.38. The molecule has 2 unspecified atom stereocenters. The molecular formula is C15H29NO. The van der Waals surface area contributed by atoms with E-state index in [2.05, 4.69) is 25.2 Å². The van der Waals surface area contributed by atoms with Gasteiger partial charge < -0.3 is 10.1 Å². The number of methoxy groups -OCH3 is 1. The molecule has 0 aromatic heterocycles. The lowest BCUT2D eigenvalue weighted by Gasteiger charge is -2.25. The molecule has 17 heavy (non-hydrogen) atoms. The Balaban J connectivity index is 2.31. The van der Waals surface area contributed by atoms with Crippen LogP contribution in [0.4, 0.5) is 0 Å². The van der Waals surface area contributed by atoms with E-state index in [0.29, 0.717) is 0 Å². The van der Waals surface area contributed by atoms with Crippen LogP contribution in [-0.2, 0) is 4.74 Å². The van der Waals surface area contributed by atoms with Crippen LogP contribution in [0.2, 0.25) is 0 Å². The molecule has 1 N–H and O–H groups in total. The quantitative estimate of drug-likeness (QED) is 0.543. The second-order valence-corrected chi connectivity index (χ2v) is 5.38. The SMILES string of the molecule is CC/C(=C/C1CCCC(C)C1)CNCCOC. The van der Waals surface area contributed by atoms with E-state index < -0.39 is 0 Å². The van der Waals surface area contributed by atoms with Gasteiger partial charge in [-0.15, -0.1) is 0 Å². The van der Waals surface area contributed by atoms with Crippen LogP contribution in [0.3, 0.4) is 0 Å². The van der Waals surface area contributed by atoms with E-state index in [1.165, 1.54) is 32.1 Å². The Bertz CT molecular complexity index is 225. The molecule has 1 aliphatic rings. The van der Waals surface area contributed by atoms with Crippen LogP contribution >= 0.6 is 0 Å². The van der Waals surface area contributed by atoms with Crippen molar-refractivity contribution < 1.29 is 4.74 Å². The highest BCUT2D eigenvalue weighted by molar-refractivity contribution is 5.06. The summed E-state index contributed by atoms with van der Waals surface area (Å²) in [6.45, 7) is 7.44. The van der Waals surface area contributed by atoms with Crippen molar-refractivity contribution in [1.82, 2.24) is 5.32 Å². The minimum absolute atomic E-state index is 0.803.